The minimum atomic E-state index is -4.58. The zero-order valence-corrected chi connectivity index (χ0v) is 16.2. The van der Waals surface area contributed by atoms with Gasteiger partial charge in [0.2, 0.25) is 0 Å². The number of benzene rings is 1. The molecule has 0 aliphatic heterocycles. The van der Waals surface area contributed by atoms with Gasteiger partial charge in [-0.3, -0.25) is 4.55 Å². The Morgan fingerprint density at radius 3 is 2.06 bits per heavy atom. The van der Waals surface area contributed by atoms with Crippen molar-refractivity contribution in [3.8, 4) is 5.75 Å². The van der Waals surface area contributed by atoms with E-state index in [9.17, 15) is 23.4 Å². The van der Waals surface area contributed by atoms with Crippen LogP contribution in [-0.2, 0) is 10.1 Å². The number of nitrogen functional groups attached to an aromatic ring is 1. The second kappa shape index (κ2) is 7.92. The van der Waals surface area contributed by atoms with Crippen LogP contribution in [0.5, 0.6) is 5.75 Å². The van der Waals surface area contributed by atoms with E-state index in [0.717, 1.165) is 0 Å². The van der Waals surface area contributed by atoms with E-state index in [-0.39, 0.29) is 103 Å². The maximum Gasteiger partial charge on any atom is 1.00 e. The summed E-state index contributed by atoms with van der Waals surface area (Å²) in [5.41, 5.74) is 3.72. The first-order chi connectivity index (χ1) is 6.73. The zero-order valence-electron chi connectivity index (χ0n) is 9.13. The van der Waals surface area contributed by atoms with Crippen molar-refractivity contribution >= 4 is 21.8 Å². The van der Waals surface area contributed by atoms with Gasteiger partial charge in [0.25, 0.3) is 10.1 Å². The number of rotatable bonds is 2. The molecule has 0 aromatic heterocycles. The van der Waals surface area contributed by atoms with Gasteiger partial charge < -0.3 is 20.7 Å². The third-order valence-corrected chi connectivity index (χ3v) is 2.44. The first-order valence-electron chi connectivity index (χ1n) is 3.53. The van der Waals surface area contributed by atoms with Gasteiger partial charge in [0.15, 0.2) is 0 Å². The molecule has 0 unspecified atom stereocenters. The molecule has 1 aromatic rings. The molecule has 3 N–H and O–H groups in total. The Hall–Kier alpha value is 1.47. The van der Waals surface area contributed by atoms with Crippen molar-refractivity contribution in [2.75, 3.05) is 5.73 Å². The van der Waals surface area contributed by atoms with E-state index in [4.69, 9.17) is 10.3 Å². The van der Waals surface area contributed by atoms with E-state index in [1.807, 2.05) is 0 Å². The maximum atomic E-state index is 11.1. The minimum Gasteiger partial charge on any atom is -0.872 e. The number of nitrogens with two attached hydrogens (primary N) is 1. The van der Waals surface area contributed by atoms with Crippen LogP contribution in [0, 0.1) is 0 Å². The molecule has 0 atom stereocenters. The number of hydrogen-bond donors (Lipinski definition) is 2. The number of hydrogen-bond acceptors (Lipinski definition) is 6. The first-order valence-corrected chi connectivity index (χ1v) is 4.97. The number of aromatic carboxylic acids is 1. The molecule has 1 rings (SSSR count). The van der Waals surface area contributed by atoms with Gasteiger partial charge in [0.05, 0.1) is 10.9 Å². The molecule has 0 aliphatic rings. The Balaban J connectivity index is 0. The van der Waals surface area contributed by atoms with Crippen LogP contribution in [0.2, 0.25) is 0 Å². The molecule has 82 valence electrons. The summed E-state index contributed by atoms with van der Waals surface area (Å²) in [5.74, 6) is -2.94. The summed E-state index contributed by atoms with van der Waals surface area (Å²) < 4.78 is 29.8. The summed E-state index contributed by atoms with van der Waals surface area (Å²) in [7, 11) is -4.58. The number of anilines is 1. The van der Waals surface area contributed by atoms with Crippen LogP contribution < -0.4 is 119 Å². The van der Waals surface area contributed by atoms with E-state index in [0.29, 0.717) is 12.1 Å². The van der Waals surface area contributed by atoms with Gasteiger partial charge in [0.1, 0.15) is 0 Å². The molecule has 0 saturated carbocycles. The molecule has 0 saturated heterocycles. The van der Waals surface area contributed by atoms with Crippen LogP contribution in [-0.4, -0.2) is 18.9 Å². The van der Waals surface area contributed by atoms with E-state index in [1.165, 1.54) is 0 Å². The fourth-order valence-corrected chi connectivity index (χ4v) is 1.51. The second-order valence-corrected chi connectivity index (χ2v) is 4.07. The molecular weight excluding hydrogens is 304 g/mol. The van der Waals surface area contributed by atoms with E-state index >= 15 is 0 Å². The first kappa shape index (κ1) is 20.8. The molecule has 0 heterocycles. The maximum absolute atomic E-state index is 11.1. The topological polar surface area (TPSA) is 144 Å². The molecular formula is C7H5K2NO6S. The van der Waals surface area contributed by atoms with E-state index in [1.54, 1.807) is 0 Å². The normalized spacial score (nSPS) is 9.94. The molecule has 17 heavy (non-hydrogen) atoms. The van der Waals surface area contributed by atoms with Crippen LogP contribution in [0.4, 0.5) is 5.69 Å². The fourth-order valence-electron chi connectivity index (χ4n) is 0.978. The largest absolute Gasteiger partial charge is 1.00 e. The SMILES string of the molecule is Nc1cc(S(=O)(=O)O)cc([O-])c1C(=O)[O-].[K+].[K+]. The fraction of sp³-hybridized carbons (Fsp3) is 0. The Kier molecular flexibility index (Phi) is 9.68. The van der Waals surface area contributed by atoms with E-state index < -0.39 is 38.0 Å². The summed E-state index contributed by atoms with van der Waals surface area (Å²) in [6.07, 6.45) is 0. The number of carbonyl (C=O) groups is 1. The Morgan fingerprint density at radius 2 is 1.76 bits per heavy atom. The third-order valence-electron chi connectivity index (χ3n) is 1.61. The summed E-state index contributed by atoms with van der Waals surface area (Å²) in [6.45, 7) is 0. The smallest absolute Gasteiger partial charge is 0.872 e. The van der Waals surface area contributed by atoms with E-state index in [2.05, 4.69) is 0 Å². The van der Waals surface area contributed by atoms with Crippen LogP contribution >= 0.6 is 0 Å². The van der Waals surface area contributed by atoms with Crippen molar-refractivity contribution in [3.05, 3.63) is 17.7 Å². The monoisotopic (exact) mass is 309 g/mol. The average Bonchev–Trinajstić information content (AvgIpc) is 1.99. The van der Waals surface area contributed by atoms with Crippen molar-refractivity contribution in [1.82, 2.24) is 0 Å². The van der Waals surface area contributed by atoms with Crippen LogP contribution in [0.1, 0.15) is 10.4 Å². The predicted octanol–water partition coefficient (Wildman–Crippen LogP) is -8.04. The van der Waals surface area contributed by atoms with Gasteiger partial charge in [-0.25, -0.2) is 0 Å². The second-order valence-electron chi connectivity index (χ2n) is 2.65. The number of carbonyl (C=O) groups excluding carboxylic acids is 1. The summed E-state index contributed by atoms with van der Waals surface area (Å²) in [4.78, 5) is 9.65. The van der Waals surface area contributed by atoms with Crippen molar-refractivity contribution < 1.29 is 131 Å². The Bertz CT molecular complexity index is 506. The van der Waals surface area contributed by atoms with Gasteiger partial charge in [-0.1, -0.05) is 5.75 Å². The van der Waals surface area contributed by atoms with Crippen molar-refractivity contribution in [1.29, 1.82) is 0 Å². The molecule has 0 fully saturated rings. The summed E-state index contributed by atoms with van der Waals surface area (Å²) in [6, 6.07) is 1.12. The van der Waals surface area contributed by atoms with Gasteiger partial charge in [-0.05, 0) is 12.1 Å². The molecule has 0 radical (unpaired) electrons. The molecule has 0 bridgehead atoms. The standard InChI is InChI=1S/C7H7NO6S.2K/c8-4-1-3(15(12,13)14)2-5(9)6(4)7(10)11;;/h1-2,9H,8H2,(H,10,11)(H,12,13,14);;/q;2*+1/p-2. The zero-order chi connectivity index (χ0) is 11.8. The van der Waals surface area contributed by atoms with Gasteiger partial charge in [-0.15, -0.1) is 0 Å². The number of carboxylic acid groups (broad SMARTS) is 1. The van der Waals surface area contributed by atoms with Gasteiger partial charge in [0, 0.05) is 11.3 Å². The van der Waals surface area contributed by atoms with Gasteiger partial charge in [-0.2, -0.15) is 8.42 Å². The van der Waals surface area contributed by atoms with Crippen molar-refractivity contribution in [3.63, 3.8) is 0 Å². The summed E-state index contributed by atoms with van der Waals surface area (Å²) in [5, 5.41) is 21.5. The minimum absolute atomic E-state index is 0. The summed E-state index contributed by atoms with van der Waals surface area (Å²) >= 11 is 0. The third kappa shape index (κ3) is 5.54. The molecule has 0 aliphatic carbocycles. The van der Waals surface area contributed by atoms with Gasteiger partial charge >= 0.3 is 103 Å². The van der Waals surface area contributed by atoms with Crippen LogP contribution in [0.25, 0.3) is 0 Å². The Morgan fingerprint density at radius 1 is 1.29 bits per heavy atom. The quantitative estimate of drug-likeness (QED) is 0.313. The molecule has 0 amide bonds. The predicted molar refractivity (Wildman–Crippen MR) is 44.4 cm³/mol. The molecule has 1 aromatic carbocycles. The van der Waals surface area contributed by atoms with Crippen molar-refractivity contribution in [2.24, 2.45) is 0 Å². The molecule has 10 heteroatoms. The Labute approximate surface area is 182 Å². The van der Waals surface area contributed by atoms with Crippen LogP contribution in [0.15, 0.2) is 17.0 Å². The van der Waals surface area contributed by atoms with Crippen LogP contribution in [0.3, 0.4) is 0 Å². The van der Waals surface area contributed by atoms with Crippen molar-refractivity contribution in [2.45, 2.75) is 4.90 Å². The number of carboxylic acids is 1. The molecule has 7 nitrogen and oxygen atoms in total. The average molecular weight is 309 g/mol. The molecule has 0 spiro atoms.